The van der Waals surface area contributed by atoms with Gasteiger partial charge >= 0.3 is 0 Å². The van der Waals surface area contributed by atoms with Crippen LogP contribution in [-0.2, 0) is 0 Å². The SMILES string of the molecule is CCC(C)(C)NC(=O)c1ccc(-c2cc(N3CCCCC3)ncn2)cc1. The van der Waals surface area contributed by atoms with Crippen LogP contribution in [-0.4, -0.2) is 34.5 Å². The van der Waals surface area contributed by atoms with E-state index in [1.807, 2.05) is 44.2 Å². The Morgan fingerprint density at radius 3 is 2.46 bits per heavy atom. The van der Waals surface area contributed by atoms with Gasteiger partial charge in [0.1, 0.15) is 12.1 Å². The van der Waals surface area contributed by atoms with Crippen molar-refractivity contribution in [2.24, 2.45) is 0 Å². The van der Waals surface area contributed by atoms with E-state index in [-0.39, 0.29) is 11.4 Å². The summed E-state index contributed by atoms with van der Waals surface area (Å²) in [6.45, 7) is 8.24. The highest BCUT2D eigenvalue weighted by molar-refractivity contribution is 5.95. The molecular formula is C21H28N4O. The lowest BCUT2D eigenvalue weighted by molar-refractivity contribution is 0.0911. The average molecular weight is 352 g/mol. The second kappa shape index (κ2) is 7.85. The van der Waals surface area contributed by atoms with E-state index in [1.54, 1.807) is 6.33 Å². The molecule has 2 heterocycles. The first-order chi connectivity index (χ1) is 12.5. The van der Waals surface area contributed by atoms with Gasteiger partial charge in [-0.05, 0) is 51.7 Å². The maximum atomic E-state index is 12.4. The lowest BCUT2D eigenvalue weighted by Crippen LogP contribution is -2.42. The van der Waals surface area contributed by atoms with Crippen LogP contribution >= 0.6 is 0 Å². The summed E-state index contributed by atoms with van der Waals surface area (Å²) in [7, 11) is 0. The molecule has 0 radical (unpaired) electrons. The molecule has 1 amide bonds. The first kappa shape index (κ1) is 18.4. The number of rotatable bonds is 5. The van der Waals surface area contributed by atoms with Crippen LogP contribution in [0.5, 0.6) is 0 Å². The molecule has 1 fully saturated rings. The van der Waals surface area contributed by atoms with Crippen LogP contribution in [0.2, 0.25) is 0 Å². The molecular weight excluding hydrogens is 324 g/mol. The molecule has 0 bridgehead atoms. The van der Waals surface area contributed by atoms with Crippen molar-refractivity contribution < 1.29 is 4.79 Å². The van der Waals surface area contributed by atoms with Gasteiger partial charge in [-0.2, -0.15) is 0 Å². The van der Waals surface area contributed by atoms with Crippen LogP contribution in [0.25, 0.3) is 11.3 Å². The van der Waals surface area contributed by atoms with Crippen molar-refractivity contribution in [3.8, 4) is 11.3 Å². The van der Waals surface area contributed by atoms with Crippen LogP contribution in [0.4, 0.5) is 5.82 Å². The fourth-order valence-corrected chi connectivity index (χ4v) is 3.06. The minimum atomic E-state index is -0.203. The van der Waals surface area contributed by atoms with Gasteiger partial charge in [0.05, 0.1) is 5.69 Å². The fourth-order valence-electron chi connectivity index (χ4n) is 3.06. The molecule has 1 aromatic heterocycles. The van der Waals surface area contributed by atoms with Crippen molar-refractivity contribution in [2.75, 3.05) is 18.0 Å². The second-order valence-corrected chi connectivity index (χ2v) is 7.58. The zero-order valence-corrected chi connectivity index (χ0v) is 16.0. The van der Waals surface area contributed by atoms with Crippen molar-refractivity contribution >= 4 is 11.7 Å². The number of nitrogens with one attached hydrogen (secondary N) is 1. The molecule has 1 aromatic carbocycles. The molecule has 5 heteroatoms. The monoisotopic (exact) mass is 352 g/mol. The molecule has 1 N–H and O–H groups in total. The Kier molecular flexibility index (Phi) is 5.55. The molecule has 3 rings (SSSR count). The summed E-state index contributed by atoms with van der Waals surface area (Å²) >= 11 is 0. The highest BCUT2D eigenvalue weighted by atomic mass is 16.1. The van der Waals surface area contributed by atoms with Crippen LogP contribution < -0.4 is 10.2 Å². The van der Waals surface area contributed by atoms with E-state index >= 15 is 0 Å². The third kappa shape index (κ3) is 4.40. The summed E-state index contributed by atoms with van der Waals surface area (Å²) in [5, 5.41) is 3.06. The van der Waals surface area contributed by atoms with Gasteiger partial charge in [0.15, 0.2) is 0 Å². The number of nitrogens with zero attached hydrogens (tertiary/aromatic N) is 3. The summed E-state index contributed by atoms with van der Waals surface area (Å²) in [5.74, 6) is 0.946. The van der Waals surface area contributed by atoms with E-state index in [9.17, 15) is 4.79 Å². The van der Waals surface area contributed by atoms with Crippen molar-refractivity contribution in [1.29, 1.82) is 0 Å². The Bertz CT molecular complexity index is 749. The lowest BCUT2D eigenvalue weighted by Gasteiger charge is -2.27. The van der Waals surface area contributed by atoms with Crippen LogP contribution in [0.1, 0.15) is 56.8 Å². The zero-order valence-electron chi connectivity index (χ0n) is 16.0. The number of piperidine rings is 1. The van der Waals surface area contributed by atoms with Gasteiger partial charge in [-0.1, -0.05) is 19.1 Å². The fraction of sp³-hybridized carbons (Fsp3) is 0.476. The smallest absolute Gasteiger partial charge is 0.251 e. The molecule has 1 aliphatic heterocycles. The van der Waals surface area contributed by atoms with Gasteiger partial charge in [0.25, 0.3) is 5.91 Å². The molecule has 0 aliphatic carbocycles. The molecule has 26 heavy (non-hydrogen) atoms. The van der Waals surface area contributed by atoms with E-state index in [0.717, 1.165) is 36.6 Å². The number of amides is 1. The minimum Gasteiger partial charge on any atom is -0.357 e. The Labute approximate surface area is 155 Å². The van der Waals surface area contributed by atoms with Crippen molar-refractivity contribution in [3.05, 3.63) is 42.2 Å². The third-order valence-corrected chi connectivity index (χ3v) is 5.11. The third-order valence-electron chi connectivity index (χ3n) is 5.11. The quantitative estimate of drug-likeness (QED) is 0.882. The van der Waals surface area contributed by atoms with Gasteiger partial charge in [-0.15, -0.1) is 0 Å². The predicted octanol–water partition coefficient (Wildman–Crippen LogP) is 4.05. The topological polar surface area (TPSA) is 58.1 Å². The molecule has 1 saturated heterocycles. The highest BCUT2D eigenvalue weighted by Crippen LogP contribution is 2.23. The largest absolute Gasteiger partial charge is 0.357 e. The summed E-state index contributed by atoms with van der Waals surface area (Å²) < 4.78 is 0. The second-order valence-electron chi connectivity index (χ2n) is 7.58. The first-order valence-corrected chi connectivity index (χ1v) is 9.48. The molecule has 0 saturated carbocycles. The number of carbonyl (C=O) groups is 1. The Morgan fingerprint density at radius 2 is 1.81 bits per heavy atom. The van der Waals surface area contributed by atoms with Crippen molar-refractivity contribution in [3.63, 3.8) is 0 Å². The average Bonchev–Trinajstić information content (AvgIpc) is 2.68. The number of carbonyl (C=O) groups excluding carboxylic acids is 1. The standard InChI is InChI=1S/C21H28N4O/c1-4-21(2,3)24-20(26)17-10-8-16(9-11-17)18-14-19(23-15-22-18)25-12-6-5-7-13-25/h8-11,14-15H,4-7,12-13H2,1-3H3,(H,24,26). The summed E-state index contributed by atoms with van der Waals surface area (Å²) in [4.78, 5) is 23.6. The Morgan fingerprint density at radius 1 is 1.12 bits per heavy atom. The summed E-state index contributed by atoms with van der Waals surface area (Å²) in [6, 6.07) is 9.67. The molecule has 0 atom stereocenters. The molecule has 0 unspecified atom stereocenters. The zero-order chi connectivity index (χ0) is 18.6. The Hall–Kier alpha value is -2.43. The van der Waals surface area contributed by atoms with E-state index in [4.69, 9.17) is 0 Å². The molecule has 1 aliphatic rings. The van der Waals surface area contributed by atoms with Gasteiger partial charge < -0.3 is 10.2 Å². The maximum Gasteiger partial charge on any atom is 0.251 e. The van der Waals surface area contributed by atoms with Gasteiger partial charge in [-0.25, -0.2) is 9.97 Å². The predicted molar refractivity (Wildman–Crippen MR) is 105 cm³/mol. The van der Waals surface area contributed by atoms with Crippen LogP contribution in [0.3, 0.4) is 0 Å². The van der Waals surface area contributed by atoms with E-state index in [2.05, 4.69) is 27.1 Å². The van der Waals surface area contributed by atoms with Crippen molar-refractivity contribution in [1.82, 2.24) is 15.3 Å². The number of hydrogen-bond acceptors (Lipinski definition) is 4. The summed E-state index contributed by atoms with van der Waals surface area (Å²) in [5.41, 5.74) is 2.35. The van der Waals surface area contributed by atoms with E-state index in [0.29, 0.717) is 5.56 Å². The van der Waals surface area contributed by atoms with Crippen LogP contribution in [0.15, 0.2) is 36.7 Å². The number of benzene rings is 1. The summed E-state index contributed by atoms with van der Waals surface area (Å²) in [6.07, 6.45) is 6.25. The maximum absolute atomic E-state index is 12.4. The molecule has 138 valence electrons. The molecule has 5 nitrogen and oxygen atoms in total. The first-order valence-electron chi connectivity index (χ1n) is 9.48. The normalized spacial score (nSPS) is 15.0. The number of anilines is 1. The minimum absolute atomic E-state index is 0.0416. The number of aromatic nitrogens is 2. The van der Waals surface area contributed by atoms with Gasteiger partial charge in [-0.3, -0.25) is 4.79 Å². The molecule has 2 aromatic rings. The van der Waals surface area contributed by atoms with E-state index in [1.165, 1.54) is 19.3 Å². The van der Waals surface area contributed by atoms with Gasteiger partial charge in [0.2, 0.25) is 0 Å². The van der Waals surface area contributed by atoms with Crippen LogP contribution in [0, 0.1) is 0 Å². The van der Waals surface area contributed by atoms with Gasteiger partial charge in [0, 0.05) is 35.8 Å². The van der Waals surface area contributed by atoms with Crippen molar-refractivity contribution in [2.45, 2.75) is 52.0 Å². The lowest BCUT2D eigenvalue weighted by atomic mass is 10.0. The Balaban J connectivity index is 1.75. The molecule has 0 spiro atoms. The highest BCUT2D eigenvalue weighted by Gasteiger charge is 2.19. The number of hydrogen-bond donors (Lipinski definition) is 1. The van der Waals surface area contributed by atoms with E-state index < -0.39 is 0 Å².